The van der Waals surface area contributed by atoms with E-state index in [1.165, 1.54) is 0 Å². The first kappa shape index (κ1) is 31.4. The smallest absolute Gasteiger partial charge is 0.295 e. The number of likely N-dealkylation sites (tertiary alicyclic amines) is 1. The summed E-state index contributed by atoms with van der Waals surface area (Å²) < 4.78 is 17.8. The van der Waals surface area contributed by atoms with E-state index in [1.807, 2.05) is 44.2 Å². The van der Waals surface area contributed by atoms with Crippen LogP contribution in [0.3, 0.4) is 0 Å². The van der Waals surface area contributed by atoms with Crippen molar-refractivity contribution in [3.05, 3.63) is 58.7 Å². The summed E-state index contributed by atoms with van der Waals surface area (Å²) in [5, 5.41) is 11.6. The van der Waals surface area contributed by atoms with Crippen LogP contribution in [0.5, 0.6) is 17.2 Å². The molecule has 0 unspecified atom stereocenters. The molecule has 2 aromatic carbocycles. The van der Waals surface area contributed by atoms with Crippen LogP contribution in [0, 0.1) is 0 Å². The predicted octanol–water partition coefficient (Wildman–Crippen LogP) is 6.13. The molecule has 1 amide bonds. The summed E-state index contributed by atoms with van der Waals surface area (Å²) in [7, 11) is 0. The molecule has 2 aliphatic rings. The third-order valence-electron chi connectivity index (χ3n) is 8.07. The number of unbranched alkanes of at least 4 members (excludes halogenated alkanes) is 2. The second-order valence-electron chi connectivity index (χ2n) is 11.0. The Morgan fingerprint density at radius 3 is 2.50 bits per heavy atom. The highest BCUT2D eigenvalue weighted by molar-refractivity contribution is 6.46. The van der Waals surface area contributed by atoms with Gasteiger partial charge in [0.25, 0.3) is 11.7 Å². The number of Topliss-reactive ketones (excluding diaryl/α,β-unsaturated/α-hetero) is 1. The highest BCUT2D eigenvalue weighted by atomic mass is 16.5. The highest BCUT2D eigenvalue weighted by Gasteiger charge is 2.46. The molecule has 8 heteroatoms. The van der Waals surface area contributed by atoms with Crippen molar-refractivity contribution in [3.63, 3.8) is 0 Å². The monoisotopic (exact) mass is 578 g/mol. The van der Waals surface area contributed by atoms with Crippen LogP contribution in [-0.2, 0) is 16.0 Å². The van der Waals surface area contributed by atoms with Crippen molar-refractivity contribution in [3.8, 4) is 17.2 Å². The normalized spacial score (nSPS) is 19.3. The second kappa shape index (κ2) is 14.6. The Hall–Kier alpha value is -3.52. The van der Waals surface area contributed by atoms with Crippen molar-refractivity contribution in [2.75, 3.05) is 39.4 Å². The van der Waals surface area contributed by atoms with Crippen LogP contribution in [-0.4, -0.2) is 72.1 Å². The topological polar surface area (TPSA) is 88.5 Å². The summed E-state index contributed by atoms with van der Waals surface area (Å²) >= 11 is 0. The van der Waals surface area contributed by atoms with E-state index >= 15 is 0 Å². The summed E-state index contributed by atoms with van der Waals surface area (Å²) in [6.45, 7) is 14.3. The minimum atomic E-state index is -0.751. The number of hydrogen-bond donors (Lipinski definition) is 1. The molecule has 228 valence electrons. The van der Waals surface area contributed by atoms with Crippen LogP contribution in [0.25, 0.3) is 5.76 Å². The third kappa shape index (κ3) is 6.92. The molecule has 1 fully saturated rings. The van der Waals surface area contributed by atoms with E-state index in [2.05, 4.69) is 25.7 Å². The number of ether oxygens (including phenoxy) is 3. The summed E-state index contributed by atoms with van der Waals surface area (Å²) in [6, 6.07) is 10.2. The Bertz CT molecular complexity index is 1280. The minimum Gasteiger partial charge on any atom is -0.507 e. The molecule has 4 rings (SSSR count). The fraction of sp³-hybridized carbons (Fsp3) is 0.529. The standard InChI is InChI=1S/C34H46N2O6/c1-6-10-11-19-41-28-16-13-24(22-29(28)40-9-4)31-30(32(37)25-14-15-27-26(21-25)20-23(5)42-27)33(38)34(39)36(31)18-12-17-35(7-2)8-3/h13-16,21-23,31,37H,6-12,17-20H2,1-5H3/t23-,31+/m1/s1. The summed E-state index contributed by atoms with van der Waals surface area (Å²) in [6.07, 6.45) is 4.60. The quantitative estimate of drug-likeness (QED) is 0.118. The molecule has 2 atom stereocenters. The predicted molar refractivity (Wildman–Crippen MR) is 164 cm³/mol. The Morgan fingerprint density at radius 2 is 1.79 bits per heavy atom. The average Bonchev–Trinajstić information content (AvgIpc) is 3.48. The molecule has 1 saturated heterocycles. The number of aliphatic hydroxyl groups excluding tert-OH is 1. The van der Waals surface area contributed by atoms with Crippen LogP contribution in [0.1, 0.15) is 83.0 Å². The van der Waals surface area contributed by atoms with Crippen LogP contribution in [0.2, 0.25) is 0 Å². The number of rotatable bonds is 15. The molecule has 1 N–H and O–H groups in total. The maximum atomic E-state index is 13.6. The van der Waals surface area contributed by atoms with Gasteiger partial charge in [0.2, 0.25) is 0 Å². The lowest BCUT2D eigenvalue weighted by Gasteiger charge is -2.27. The maximum absolute atomic E-state index is 13.6. The summed E-state index contributed by atoms with van der Waals surface area (Å²) in [5.74, 6) is 0.514. The van der Waals surface area contributed by atoms with Crippen molar-refractivity contribution < 1.29 is 28.9 Å². The van der Waals surface area contributed by atoms with Gasteiger partial charge in [-0.25, -0.2) is 0 Å². The highest BCUT2D eigenvalue weighted by Crippen LogP contribution is 2.43. The molecule has 0 aromatic heterocycles. The van der Waals surface area contributed by atoms with E-state index in [0.29, 0.717) is 48.8 Å². The van der Waals surface area contributed by atoms with E-state index < -0.39 is 17.7 Å². The second-order valence-corrected chi connectivity index (χ2v) is 11.0. The van der Waals surface area contributed by atoms with Gasteiger partial charge in [-0.2, -0.15) is 0 Å². The fourth-order valence-corrected chi connectivity index (χ4v) is 5.80. The van der Waals surface area contributed by atoms with Gasteiger partial charge in [0, 0.05) is 18.5 Å². The number of ketones is 1. The van der Waals surface area contributed by atoms with Crippen LogP contribution in [0.15, 0.2) is 42.0 Å². The van der Waals surface area contributed by atoms with Crippen LogP contribution >= 0.6 is 0 Å². The molecular weight excluding hydrogens is 532 g/mol. The van der Waals surface area contributed by atoms with E-state index in [9.17, 15) is 14.7 Å². The lowest BCUT2D eigenvalue weighted by molar-refractivity contribution is -0.140. The molecule has 0 spiro atoms. The maximum Gasteiger partial charge on any atom is 0.295 e. The Labute approximate surface area is 250 Å². The first-order valence-corrected chi connectivity index (χ1v) is 15.5. The molecule has 2 aromatic rings. The number of fused-ring (bicyclic) bond motifs is 1. The zero-order valence-electron chi connectivity index (χ0n) is 25.8. The zero-order valence-corrected chi connectivity index (χ0v) is 25.8. The lowest BCUT2D eigenvalue weighted by Crippen LogP contribution is -2.33. The molecule has 0 bridgehead atoms. The molecule has 2 aliphatic heterocycles. The number of benzene rings is 2. The van der Waals surface area contributed by atoms with Crippen LogP contribution < -0.4 is 14.2 Å². The largest absolute Gasteiger partial charge is 0.507 e. The van der Waals surface area contributed by atoms with Crippen molar-refractivity contribution in [2.24, 2.45) is 0 Å². The Balaban J connectivity index is 1.74. The molecule has 8 nitrogen and oxygen atoms in total. The number of amides is 1. The molecule has 0 radical (unpaired) electrons. The van der Waals surface area contributed by atoms with Gasteiger partial charge in [0.15, 0.2) is 11.5 Å². The van der Waals surface area contributed by atoms with Crippen molar-refractivity contribution in [1.29, 1.82) is 0 Å². The van der Waals surface area contributed by atoms with E-state index in [1.54, 1.807) is 11.0 Å². The summed E-state index contributed by atoms with van der Waals surface area (Å²) in [5.41, 5.74) is 2.26. The molecule has 2 heterocycles. The summed E-state index contributed by atoms with van der Waals surface area (Å²) in [4.78, 5) is 31.0. The van der Waals surface area contributed by atoms with E-state index in [-0.39, 0.29) is 17.4 Å². The number of carbonyl (C=O) groups excluding carboxylic acids is 2. The Kier molecular flexibility index (Phi) is 10.9. The van der Waals surface area contributed by atoms with Crippen LogP contribution in [0.4, 0.5) is 0 Å². The number of carbonyl (C=O) groups is 2. The van der Waals surface area contributed by atoms with Crippen molar-refractivity contribution >= 4 is 17.4 Å². The molecule has 0 aliphatic carbocycles. The van der Waals surface area contributed by atoms with Gasteiger partial charge in [-0.1, -0.05) is 39.7 Å². The van der Waals surface area contributed by atoms with Gasteiger partial charge < -0.3 is 29.1 Å². The van der Waals surface area contributed by atoms with Crippen molar-refractivity contribution in [1.82, 2.24) is 9.80 Å². The van der Waals surface area contributed by atoms with Gasteiger partial charge in [0.1, 0.15) is 17.6 Å². The average molecular weight is 579 g/mol. The first-order valence-electron chi connectivity index (χ1n) is 15.5. The minimum absolute atomic E-state index is 0.0495. The van der Waals surface area contributed by atoms with Gasteiger partial charge in [-0.3, -0.25) is 9.59 Å². The van der Waals surface area contributed by atoms with E-state index in [4.69, 9.17) is 14.2 Å². The van der Waals surface area contributed by atoms with Gasteiger partial charge >= 0.3 is 0 Å². The van der Waals surface area contributed by atoms with E-state index in [0.717, 1.165) is 56.6 Å². The zero-order chi connectivity index (χ0) is 30.2. The fourth-order valence-electron chi connectivity index (χ4n) is 5.80. The van der Waals surface area contributed by atoms with Crippen molar-refractivity contribution in [2.45, 2.75) is 78.9 Å². The molecule has 42 heavy (non-hydrogen) atoms. The molecule has 0 saturated carbocycles. The number of hydrogen-bond acceptors (Lipinski definition) is 7. The SMILES string of the molecule is CCCCCOc1ccc([C@H]2C(=C(O)c3ccc4c(c3)C[C@@H](C)O4)C(=O)C(=O)N2CCCN(CC)CC)cc1OCC. The number of aliphatic hydroxyl groups is 1. The lowest BCUT2D eigenvalue weighted by atomic mass is 9.94. The third-order valence-corrected chi connectivity index (χ3v) is 8.07. The van der Waals surface area contributed by atoms with Gasteiger partial charge in [0.05, 0.1) is 24.8 Å². The number of nitrogens with zero attached hydrogens (tertiary/aromatic N) is 2. The van der Waals surface area contributed by atoms with Gasteiger partial charge in [-0.05, 0) is 87.8 Å². The Morgan fingerprint density at radius 1 is 1.00 bits per heavy atom. The first-order chi connectivity index (χ1) is 20.3. The van der Waals surface area contributed by atoms with Gasteiger partial charge in [-0.15, -0.1) is 0 Å². The molecular formula is C34H46N2O6.